The fraction of sp³-hybridized carbons (Fsp3) is 0.174. The van der Waals surface area contributed by atoms with Crippen molar-refractivity contribution in [1.82, 2.24) is 14.4 Å². The van der Waals surface area contributed by atoms with Gasteiger partial charge in [0, 0.05) is 37.3 Å². The van der Waals surface area contributed by atoms with Crippen molar-refractivity contribution >= 4 is 21.4 Å². The number of aryl methyl sites for hydroxylation is 1. The highest BCUT2D eigenvalue weighted by atomic mass is 32.2. The quantitative estimate of drug-likeness (QED) is 0.417. The minimum absolute atomic E-state index is 0.0407. The molecule has 0 N–H and O–H groups in total. The molecule has 0 saturated carbocycles. The molecule has 5 rings (SSSR count). The van der Waals surface area contributed by atoms with Crippen LogP contribution in [-0.4, -0.2) is 41.8 Å². The zero-order chi connectivity index (χ0) is 22.1. The Labute approximate surface area is 184 Å². The number of rotatable bonds is 6. The predicted octanol–water partition coefficient (Wildman–Crippen LogP) is 3.15. The molecule has 32 heavy (non-hydrogen) atoms. The molecule has 0 unspecified atom stereocenters. The van der Waals surface area contributed by atoms with Gasteiger partial charge in [0.05, 0.1) is 15.4 Å². The van der Waals surface area contributed by atoms with Crippen molar-refractivity contribution < 1.29 is 22.7 Å². The molecular weight excluding hydrogens is 430 g/mol. The summed E-state index contributed by atoms with van der Waals surface area (Å²) < 4.78 is 38.6. The van der Waals surface area contributed by atoms with Crippen LogP contribution in [0.15, 0.2) is 77.0 Å². The van der Waals surface area contributed by atoms with Gasteiger partial charge in [0.2, 0.25) is 15.6 Å². The van der Waals surface area contributed by atoms with Crippen LogP contribution in [0.3, 0.4) is 0 Å². The van der Waals surface area contributed by atoms with Gasteiger partial charge in [-0.15, -0.1) is 0 Å². The third kappa shape index (κ3) is 3.82. The summed E-state index contributed by atoms with van der Waals surface area (Å²) in [4.78, 5) is 21.1. The Morgan fingerprint density at radius 2 is 1.72 bits per heavy atom. The first-order valence-corrected chi connectivity index (χ1v) is 11.5. The van der Waals surface area contributed by atoms with Gasteiger partial charge in [0.15, 0.2) is 17.3 Å². The van der Waals surface area contributed by atoms with E-state index in [1.165, 1.54) is 18.3 Å². The molecule has 0 saturated heterocycles. The normalized spacial score (nSPS) is 13.2. The Kier molecular flexibility index (Phi) is 5.10. The molecule has 0 fully saturated rings. The Hall–Kier alpha value is -3.72. The van der Waals surface area contributed by atoms with Gasteiger partial charge in [-0.05, 0) is 36.2 Å². The molecule has 0 amide bonds. The van der Waals surface area contributed by atoms with Gasteiger partial charge >= 0.3 is 0 Å². The van der Waals surface area contributed by atoms with Crippen molar-refractivity contribution in [3.8, 4) is 11.5 Å². The number of ketones is 1. The Morgan fingerprint density at radius 1 is 0.969 bits per heavy atom. The molecule has 1 aliphatic heterocycles. The second-order valence-electron chi connectivity index (χ2n) is 7.35. The van der Waals surface area contributed by atoms with Crippen molar-refractivity contribution in [1.29, 1.82) is 0 Å². The highest BCUT2D eigenvalue weighted by molar-refractivity contribution is 7.91. The van der Waals surface area contributed by atoms with Crippen LogP contribution >= 0.6 is 0 Å². The molecule has 2 aromatic carbocycles. The fourth-order valence-corrected chi connectivity index (χ4v) is 4.80. The molecule has 8 nitrogen and oxygen atoms in total. The molecule has 3 heterocycles. The molecule has 162 valence electrons. The lowest BCUT2D eigenvalue weighted by Crippen LogP contribution is -2.15. The van der Waals surface area contributed by atoms with E-state index in [2.05, 4.69) is 9.97 Å². The first kappa shape index (κ1) is 20.2. The van der Waals surface area contributed by atoms with Gasteiger partial charge in [0.1, 0.15) is 13.2 Å². The van der Waals surface area contributed by atoms with Crippen LogP contribution in [0.5, 0.6) is 11.5 Å². The van der Waals surface area contributed by atoms with Crippen LogP contribution in [0.25, 0.3) is 5.78 Å². The SMILES string of the molecule is O=C(CCc1ccc(S(=O)(=O)c2ccc3c(c2)OCCO3)cc1)c1cnc2nccn2c1. The van der Waals surface area contributed by atoms with E-state index in [0.717, 1.165) is 5.56 Å². The van der Waals surface area contributed by atoms with Gasteiger partial charge in [-0.25, -0.2) is 18.4 Å². The van der Waals surface area contributed by atoms with Gasteiger partial charge in [0.25, 0.3) is 0 Å². The number of carbonyl (C=O) groups excluding carboxylic acids is 1. The van der Waals surface area contributed by atoms with Gasteiger partial charge in [-0.2, -0.15) is 0 Å². The summed E-state index contributed by atoms with van der Waals surface area (Å²) in [6.45, 7) is 0.827. The highest BCUT2D eigenvalue weighted by Gasteiger charge is 2.21. The molecule has 2 aromatic heterocycles. The third-order valence-corrected chi connectivity index (χ3v) is 7.03. The molecule has 9 heteroatoms. The summed E-state index contributed by atoms with van der Waals surface area (Å²) in [5.41, 5.74) is 1.38. The number of nitrogens with zero attached hydrogens (tertiary/aromatic N) is 3. The van der Waals surface area contributed by atoms with Crippen LogP contribution in [0.4, 0.5) is 0 Å². The zero-order valence-corrected chi connectivity index (χ0v) is 17.8. The summed E-state index contributed by atoms with van der Waals surface area (Å²) in [7, 11) is -3.70. The number of ether oxygens (including phenoxy) is 2. The summed E-state index contributed by atoms with van der Waals surface area (Å²) in [5.74, 6) is 1.46. The van der Waals surface area contributed by atoms with Crippen molar-refractivity contribution in [2.24, 2.45) is 0 Å². The first-order valence-electron chi connectivity index (χ1n) is 10.1. The highest BCUT2D eigenvalue weighted by Crippen LogP contribution is 2.34. The lowest BCUT2D eigenvalue weighted by Gasteiger charge is -2.18. The van der Waals surface area contributed by atoms with Gasteiger partial charge in [-0.1, -0.05) is 12.1 Å². The lowest BCUT2D eigenvalue weighted by molar-refractivity contribution is 0.0982. The number of fused-ring (bicyclic) bond motifs is 2. The number of hydrogen-bond acceptors (Lipinski definition) is 7. The predicted molar refractivity (Wildman–Crippen MR) is 115 cm³/mol. The van der Waals surface area contributed by atoms with E-state index >= 15 is 0 Å². The largest absolute Gasteiger partial charge is 0.486 e. The average molecular weight is 449 g/mol. The summed E-state index contributed by atoms with van der Waals surface area (Å²) >= 11 is 0. The monoisotopic (exact) mass is 449 g/mol. The molecule has 0 spiro atoms. The smallest absolute Gasteiger partial charge is 0.233 e. The maximum atomic E-state index is 13.0. The topological polar surface area (TPSA) is 99.9 Å². The minimum Gasteiger partial charge on any atom is -0.486 e. The molecule has 0 radical (unpaired) electrons. The third-order valence-electron chi connectivity index (χ3n) is 5.27. The van der Waals surface area contributed by atoms with Crippen LogP contribution in [0.2, 0.25) is 0 Å². The minimum atomic E-state index is -3.70. The van der Waals surface area contributed by atoms with E-state index in [1.807, 2.05) is 0 Å². The van der Waals surface area contributed by atoms with E-state index in [4.69, 9.17) is 9.47 Å². The van der Waals surface area contributed by atoms with E-state index in [0.29, 0.717) is 42.5 Å². The Bertz CT molecular complexity index is 1410. The second kappa shape index (κ2) is 8.08. The molecule has 4 aromatic rings. The van der Waals surface area contributed by atoms with Crippen molar-refractivity contribution in [2.45, 2.75) is 22.6 Å². The second-order valence-corrected chi connectivity index (χ2v) is 9.30. The van der Waals surface area contributed by atoms with Crippen LogP contribution in [0, 0.1) is 0 Å². The number of aromatic nitrogens is 3. The van der Waals surface area contributed by atoms with E-state index in [9.17, 15) is 13.2 Å². The number of imidazole rings is 1. The van der Waals surface area contributed by atoms with Crippen molar-refractivity contribution in [3.63, 3.8) is 0 Å². The number of benzene rings is 2. The van der Waals surface area contributed by atoms with E-state index in [-0.39, 0.29) is 22.0 Å². The Balaban J connectivity index is 1.28. The van der Waals surface area contributed by atoms with Crippen LogP contribution < -0.4 is 9.47 Å². The first-order chi connectivity index (χ1) is 15.5. The average Bonchev–Trinajstić information content (AvgIpc) is 3.30. The number of hydrogen-bond donors (Lipinski definition) is 0. The number of sulfone groups is 1. The summed E-state index contributed by atoms with van der Waals surface area (Å²) in [6, 6.07) is 11.2. The fourth-order valence-electron chi connectivity index (χ4n) is 3.52. The molecule has 0 atom stereocenters. The molecule has 1 aliphatic rings. The lowest BCUT2D eigenvalue weighted by atomic mass is 10.0. The van der Waals surface area contributed by atoms with Crippen molar-refractivity contribution in [3.05, 3.63) is 78.4 Å². The molecule has 0 bridgehead atoms. The summed E-state index contributed by atoms with van der Waals surface area (Å²) in [6.07, 6.45) is 7.37. The standard InChI is InChI=1S/C23H19N3O5S/c27-20(17-14-25-23-24-9-10-26(23)15-17)7-3-16-1-4-18(5-2-16)32(28,29)19-6-8-21-22(13-19)31-12-11-30-21/h1-2,4-6,8-10,13-15H,3,7,11-12H2. The maximum absolute atomic E-state index is 13.0. The van der Waals surface area contributed by atoms with Crippen LogP contribution in [-0.2, 0) is 16.3 Å². The van der Waals surface area contributed by atoms with Gasteiger partial charge in [-0.3, -0.25) is 9.20 Å². The van der Waals surface area contributed by atoms with E-state index in [1.54, 1.807) is 53.3 Å². The van der Waals surface area contributed by atoms with Gasteiger partial charge < -0.3 is 9.47 Å². The maximum Gasteiger partial charge on any atom is 0.233 e. The number of carbonyl (C=O) groups is 1. The molecule has 0 aliphatic carbocycles. The summed E-state index contributed by atoms with van der Waals surface area (Å²) in [5, 5.41) is 0. The van der Waals surface area contributed by atoms with E-state index < -0.39 is 9.84 Å². The Morgan fingerprint density at radius 3 is 2.53 bits per heavy atom. The number of Topliss-reactive ketones (excluding diaryl/α,β-unsaturated/α-hetero) is 1. The van der Waals surface area contributed by atoms with Crippen LogP contribution in [0.1, 0.15) is 22.3 Å². The molecular formula is C23H19N3O5S. The zero-order valence-electron chi connectivity index (χ0n) is 17.0. The van der Waals surface area contributed by atoms with Crippen molar-refractivity contribution in [2.75, 3.05) is 13.2 Å².